The Hall–Kier alpha value is -1.14. The number of piperidine rings is 1. The second-order valence-electron chi connectivity index (χ2n) is 5.46. The molecule has 2 rings (SSSR count). The molecule has 0 unspecified atom stereocenters. The normalized spacial score (nSPS) is 26.4. The number of hydrogen-bond acceptors (Lipinski definition) is 4. The van der Waals surface area contributed by atoms with E-state index in [2.05, 4.69) is 5.32 Å². The molecule has 2 aliphatic rings. The maximum Gasteiger partial charge on any atom is 0.326 e. The van der Waals surface area contributed by atoms with Gasteiger partial charge in [-0.3, -0.25) is 4.79 Å². The molecule has 0 bridgehead atoms. The Labute approximate surface area is 113 Å². The first-order valence-corrected chi connectivity index (χ1v) is 6.84. The fraction of sp³-hybridized carbons (Fsp3) is 0.846. The van der Waals surface area contributed by atoms with Crippen LogP contribution in [-0.4, -0.2) is 61.3 Å². The number of aliphatic carboxylic acids is 1. The van der Waals surface area contributed by atoms with Crippen molar-refractivity contribution in [1.82, 2.24) is 10.2 Å². The van der Waals surface area contributed by atoms with E-state index in [1.54, 1.807) is 12.0 Å². The van der Waals surface area contributed by atoms with E-state index < -0.39 is 17.4 Å². The van der Waals surface area contributed by atoms with Crippen molar-refractivity contribution in [2.24, 2.45) is 5.41 Å². The van der Waals surface area contributed by atoms with Crippen molar-refractivity contribution in [2.75, 3.05) is 33.4 Å². The Balaban J connectivity index is 2.16. The van der Waals surface area contributed by atoms with Gasteiger partial charge in [-0.1, -0.05) is 0 Å². The lowest BCUT2D eigenvalue weighted by atomic mass is 9.78. The van der Waals surface area contributed by atoms with Crippen molar-refractivity contribution in [1.29, 1.82) is 0 Å². The van der Waals surface area contributed by atoms with Gasteiger partial charge in [-0.25, -0.2) is 4.79 Å². The standard InChI is InChI=1S/C13H22N2O4/c1-19-9-13(4-6-14-7-5-13)12(18)15-8-2-3-10(15)11(16)17/h10,14H,2-9H2,1H3,(H,16,17)/t10-/m0/s1. The van der Waals surface area contributed by atoms with Crippen LogP contribution in [0.2, 0.25) is 0 Å². The predicted octanol–water partition coefficient (Wildman–Crippen LogP) is 0.0782. The summed E-state index contributed by atoms with van der Waals surface area (Å²) in [6.45, 7) is 2.48. The second-order valence-corrected chi connectivity index (χ2v) is 5.46. The third-order valence-corrected chi connectivity index (χ3v) is 4.23. The molecular weight excluding hydrogens is 248 g/mol. The minimum absolute atomic E-state index is 0.0410. The first-order valence-electron chi connectivity index (χ1n) is 6.84. The van der Waals surface area contributed by atoms with Gasteiger partial charge in [-0.2, -0.15) is 0 Å². The van der Waals surface area contributed by atoms with Crippen molar-refractivity contribution in [3.8, 4) is 0 Å². The molecule has 2 heterocycles. The van der Waals surface area contributed by atoms with Crippen LogP contribution in [0.3, 0.4) is 0 Å². The molecular formula is C13H22N2O4. The van der Waals surface area contributed by atoms with E-state index in [0.717, 1.165) is 19.5 Å². The minimum Gasteiger partial charge on any atom is -0.480 e. The van der Waals surface area contributed by atoms with E-state index in [9.17, 15) is 14.7 Å². The van der Waals surface area contributed by atoms with Gasteiger partial charge in [0, 0.05) is 13.7 Å². The van der Waals surface area contributed by atoms with Crippen molar-refractivity contribution < 1.29 is 19.4 Å². The highest BCUT2D eigenvalue weighted by molar-refractivity contribution is 5.88. The summed E-state index contributed by atoms with van der Waals surface area (Å²) in [6.07, 6.45) is 2.75. The molecule has 1 atom stereocenters. The van der Waals surface area contributed by atoms with E-state index in [1.165, 1.54) is 0 Å². The SMILES string of the molecule is COCC1(C(=O)N2CCC[C@H]2C(=O)O)CCNCC1. The number of nitrogens with one attached hydrogen (secondary N) is 1. The number of carboxylic acid groups (broad SMARTS) is 1. The van der Waals surface area contributed by atoms with Crippen LogP contribution in [0.25, 0.3) is 0 Å². The fourth-order valence-electron chi connectivity index (χ4n) is 3.17. The number of methoxy groups -OCH3 is 1. The summed E-state index contributed by atoms with van der Waals surface area (Å²) in [5.41, 5.74) is -0.544. The molecule has 2 saturated heterocycles. The predicted molar refractivity (Wildman–Crippen MR) is 68.8 cm³/mol. The molecule has 0 aromatic heterocycles. The number of carbonyl (C=O) groups is 2. The van der Waals surface area contributed by atoms with Gasteiger partial charge in [-0.05, 0) is 38.8 Å². The lowest BCUT2D eigenvalue weighted by Crippen LogP contribution is -2.54. The molecule has 6 nitrogen and oxygen atoms in total. The molecule has 108 valence electrons. The summed E-state index contributed by atoms with van der Waals surface area (Å²) in [5, 5.41) is 12.4. The van der Waals surface area contributed by atoms with Crippen LogP contribution in [0.4, 0.5) is 0 Å². The summed E-state index contributed by atoms with van der Waals surface area (Å²) in [4.78, 5) is 25.6. The van der Waals surface area contributed by atoms with E-state index in [4.69, 9.17) is 4.74 Å². The van der Waals surface area contributed by atoms with E-state index in [-0.39, 0.29) is 5.91 Å². The van der Waals surface area contributed by atoms with Crippen LogP contribution in [-0.2, 0) is 14.3 Å². The number of carboxylic acids is 1. The first-order chi connectivity index (χ1) is 9.10. The quantitative estimate of drug-likeness (QED) is 0.756. The molecule has 0 aromatic carbocycles. The molecule has 2 aliphatic heterocycles. The summed E-state index contributed by atoms with van der Waals surface area (Å²) in [5.74, 6) is -0.937. The molecule has 6 heteroatoms. The van der Waals surface area contributed by atoms with Crippen molar-refractivity contribution >= 4 is 11.9 Å². The molecule has 0 saturated carbocycles. The van der Waals surface area contributed by atoms with Gasteiger partial charge >= 0.3 is 5.97 Å². The van der Waals surface area contributed by atoms with E-state index >= 15 is 0 Å². The molecule has 2 fully saturated rings. The van der Waals surface area contributed by atoms with Crippen molar-refractivity contribution in [3.05, 3.63) is 0 Å². The average Bonchev–Trinajstić information content (AvgIpc) is 2.88. The largest absolute Gasteiger partial charge is 0.480 e. The summed E-state index contributed by atoms with van der Waals surface area (Å²) >= 11 is 0. The molecule has 0 spiro atoms. The molecule has 2 N–H and O–H groups in total. The lowest BCUT2D eigenvalue weighted by Gasteiger charge is -2.39. The highest BCUT2D eigenvalue weighted by Crippen LogP contribution is 2.34. The van der Waals surface area contributed by atoms with Crippen LogP contribution < -0.4 is 5.32 Å². The van der Waals surface area contributed by atoms with Gasteiger partial charge in [0.1, 0.15) is 6.04 Å². The zero-order chi connectivity index (χ0) is 13.9. The van der Waals surface area contributed by atoms with Crippen LogP contribution >= 0.6 is 0 Å². The zero-order valence-corrected chi connectivity index (χ0v) is 11.4. The second kappa shape index (κ2) is 5.88. The number of carbonyl (C=O) groups excluding carboxylic acids is 1. The van der Waals surface area contributed by atoms with Crippen LogP contribution in [0.1, 0.15) is 25.7 Å². The Morgan fingerprint density at radius 2 is 2.11 bits per heavy atom. The molecule has 1 amide bonds. The van der Waals surface area contributed by atoms with Crippen molar-refractivity contribution in [3.63, 3.8) is 0 Å². The van der Waals surface area contributed by atoms with Gasteiger partial charge in [0.25, 0.3) is 0 Å². The minimum atomic E-state index is -0.896. The van der Waals surface area contributed by atoms with E-state index in [1.807, 2.05) is 0 Å². The summed E-state index contributed by atoms with van der Waals surface area (Å²) in [7, 11) is 1.59. The summed E-state index contributed by atoms with van der Waals surface area (Å²) < 4.78 is 5.24. The Kier molecular flexibility index (Phi) is 4.42. The number of ether oxygens (including phenoxy) is 1. The number of amides is 1. The Morgan fingerprint density at radius 3 is 2.68 bits per heavy atom. The number of hydrogen-bond donors (Lipinski definition) is 2. The van der Waals surface area contributed by atoms with Gasteiger partial charge in [0.15, 0.2) is 0 Å². The maximum absolute atomic E-state index is 12.8. The zero-order valence-electron chi connectivity index (χ0n) is 11.4. The molecule has 0 aliphatic carbocycles. The Morgan fingerprint density at radius 1 is 1.42 bits per heavy atom. The topological polar surface area (TPSA) is 78.9 Å². The van der Waals surface area contributed by atoms with Crippen molar-refractivity contribution in [2.45, 2.75) is 31.7 Å². The number of nitrogens with zero attached hydrogens (tertiary/aromatic N) is 1. The van der Waals surface area contributed by atoms with Crippen LogP contribution in [0, 0.1) is 5.41 Å². The first kappa shape index (κ1) is 14.3. The number of likely N-dealkylation sites (tertiary alicyclic amines) is 1. The Bertz CT molecular complexity index is 347. The smallest absolute Gasteiger partial charge is 0.326 e. The fourth-order valence-corrected chi connectivity index (χ4v) is 3.17. The third kappa shape index (κ3) is 2.74. The lowest BCUT2D eigenvalue weighted by molar-refractivity contribution is -0.156. The van der Waals surface area contributed by atoms with Gasteiger partial charge < -0.3 is 20.1 Å². The van der Waals surface area contributed by atoms with Crippen LogP contribution in [0.15, 0.2) is 0 Å². The van der Waals surface area contributed by atoms with E-state index in [0.29, 0.717) is 32.4 Å². The molecule has 0 aromatic rings. The van der Waals surface area contributed by atoms with Crippen LogP contribution in [0.5, 0.6) is 0 Å². The summed E-state index contributed by atoms with van der Waals surface area (Å²) in [6, 6.07) is -0.656. The highest BCUT2D eigenvalue weighted by atomic mass is 16.5. The number of rotatable bonds is 4. The molecule has 19 heavy (non-hydrogen) atoms. The molecule has 0 radical (unpaired) electrons. The third-order valence-electron chi connectivity index (χ3n) is 4.23. The maximum atomic E-state index is 12.8. The monoisotopic (exact) mass is 270 g/mol. The highest BCUT2D eigenvalue weighted by Gasteiger charge is 2.46. The van der Waals surface area contributed by atoms with Gasteiger partial charge in [-0.15, -0.1) is 0 Å². The van der Waals surface area contributed by atoms with Gasteiger partial charge in [0.2, 0.25) is 5.91 Å². The van der Waals surface area contributed by atoms with Gasteiger partial charge in [0.05, 0.1) is 12.0 Å². The average molecular weight is 270 g/mol.